The summed E-state index contributed by atoms with van der Waals surface area (Å²) in [5.41, 5.74) is 0.155. The number of carbonyl (C=O) groups excluding carboxylic acids is 2. The van der Waals surface area contributed by atoms with Crippen molar-refractivity contribution in [2.45, 2.75) is 5.92 Å². The van der Waals surface area contributed by atoms with Gasteiger partial charge < -0.3 is 19.8 Å². The Balaban J connectivity index is 0. The molecule has 0 unspecified atom stereocenters. The number of rotatable bonds is 3. The molecule has 0 bridgehead atoms. The van der Waals surface area contributed by atoms with Crippen molar-refractivity contribution in [3.63, 3.8) is 0 Å². The van der Waals surface area contributed by atoms with Gasteiger partial charge in [0, 0.05) is 0 Å². The Morgan fingerprint density at radius 2 is 1.40 bits per heavy atom. The molecule has 0 heterocycles. The van der Waals surface area contributed by atoms with E-state index in [0.29, 0.717) is 0 Å². The first-order valence-corrected chi connectivity index (χ1v) is 3.59. The largest absolute Gasteiger partial charge is 1.00 e. The number of carboxylic acid groups (broad SMARTS) is 2. The van der Waals surface area contributed by atoms with Crippen LogP contribution < -0.4 is 91.2 Å². The normalized spacial score (nSPS) is 8.60. The zero-order valence-electron chi connectivity index (χ0n) is 8.60. The van der Waals surface area contributed by atoms with Crippen LogP contribution in [0.2, 0.25) is 0 Å². The van der Waals surface area contributed by atoms with Crippen LogP contribution in [0.3, 0.4) is 0 Å². The molecule has 1 rings (SSSR count). The van der Waals surface area contributed by atoms with Gasteiger partial charge in [0.05, 0.1) is 17.9 Å². The third kappa shape index (κ3) is 5.60. The van der Waals surface area contributed by atoms with E-state index in [-0.39, 0.29) is 86.5 Å². The molecule has 0 radical (unpaired) electrons. The van der Waals surface area contributed by atoms with Crippen LogP contribution in [-0.4, -0.2) is 11.9 Å². The van der Waals surface area contributed by atoms with E-state index in [1.807, 2.05) is 0 Å². The van der Waals surface area contributed by atoms with Crippen molar-refractivity contribution in [3.05, 3.63) is 35.9 Å². The number of carboxylic acids is 2. The van der Waals surface area contributed by atoms with E-state index < -0.39 is 17.9 Å². The molecule has 0 aliphatic rings. The SMILES string of the molecule is O=C([O-])C(C(=O)[O-])c1ccccc1.[K+].[Na+]. The number of hydrogen-bond acceptors (Lipinski definition) is 4. The topological polar surface area (TPSA) is 80.3 Å². The molecule has 0 saturated heterocycles. The zero-order chi connectivity index (χ0) is 9.84. The molecular weight excluding hydrogens is 234 g/mol. The van der Waals surface area contributed by atoms with Crippen molar-refractivity contribution in [2.75, 3.05) is 0 Å². The minimum absolute atomic E-state index is 0. The predicted octanol–water partition coefficient (Wildman–Crippen LogP) is -7.72. The van der Waals surface area contributed by atoms with Crippen molar-refractivity contribution in [3.8, 4) is 0 Å². The summed E-state index contributed by atoms with van der Waals surface area (Å²) in [4.78, 5) is 20.8. The molecule has 0 N–H and O–H groups in total. The third-order valence-electron chi connectivity index (χ3n) is 1.60. The summed E-state index contributed by atoms with van der Waals surface area (Å²) in [6.07, 6.45) is 0. The van der Waals surface area contributed by atoms with Gasteiger partial charge in [-0.05, 0) is 5.56 Å². The van der Waals surface area contributed by atoms with E-state index in [4.69, 9.17) is 0 Å². The van der Waals surface area contributed by atoms with Crippen molar-refractivity contribution in [1.29, 1.82) is 0 Å². The molecule has 0 amide bonds. The molecule has 0 saturated carbocycles. The fraction of sp³-hybridized carbons (Fsp3) is 0.111. The Morgan fingerprint density at radius 1 is 1.00 bits per heavy atom. The Bertz CT molecular complexity index is 314. The molecule has 15 heavy (non-hydrogen) atoms. The molecule has 0 aliphatic carbocycles. The quantitative estimate of drug-likeness (QED) is 0.388. The van der Waals surface area contributed by atoms with Crippen LogP contribution in [-0.2, 0) is 9.59 Å². The van der Waals surface area contributed by atoms with Gasteiger partial charge in [-0.25, -0.2) is 0 Å². The Hall–Kier alpha value is 0.796. The second-order valence-corrected chi connectivity index (χ2v) is 2.48. The van der Waals surface area contributed by atoms with Crippen LogP contribution in [0.5, 0.6) is 0 Å². The van der Waals surface area contributed by atoms with E-state index in [0.717, 1.165) is 0 Å². The minimum atomic E-state index is -1.69. The summed E-state index contributed by atoms with van der Waals surface area (Å²) in [7, 11) is 0. The number of benzene rings is 1. The van der Waals surface area contributed by atoms with E-state index in [1.165, 1.54) is 12.1 Å². The van der Waals surface area contributed by atoms with Crippen LogP contribution in [0.15, 0.2) is 30.3 Å². The van der Waals surface area contributed by atoms with Gasteiger partial charge in [0.1, 0.15) is 0 Å². The monoisotopic (exact) mass is 240 g/mol. The number of aliphatic carboxylic acids is 2. The van der Waals surface area contributed by atoms with E-state index in [2.05, 4.69) is 0 Å². The molecule has 1 aromatic carbocycles. The zero-order valence-corrected chi connectivity index (χ0v) is 13.7. The number of carbonyl (C=O) groups is 2. The van der Waals surface area contributed by atoms with Gasteiger partial charge in [-0.15, -0.1) is 0 Å². The Labute approximate surface area is 152 Å². The molecule has 6 heteroatoms. The van der Waals surface area contributed by atoms with Crippen molar-refractivity contribution in [2.24, 2.45) is 0 Å². The second kappa shape index (κ2) is 8.89. The van der Waals surface area contributed by atoms with Crippen LogP contribution in [0, 0.1) is 0 Å². The van der Waals surface area contributed by atoms with E-state index in [1.54, 1.807) is 18.2 Å². The van der Waals surface area contributed by atoms with Crippen molar-refractivity contribution in [1.82, 2.24) is 0 Å². The molecule has 0 atom stereocenters. The third-order valence-corrected chi connectivity index (χ3v) is 1.60. The van der Waals surface area contributed by atoms with Crippen molar-refractivity contribution < 1.29 is 101 Å². The Morgan fingerprint density at radius 3 is 1.73 bits per heavy atom. The minimum Gasteiger partial charge on any atom is -0.549 e. The van der Waals surface area contributed by atoms with Crippen LogP contribution >= 0.6 is 0 Å². The average molecular weight is 240 g/mol. The first-order chi connectivity index (χ1) is 6.13. The van der Waals surface area contributed by atoms with Crippen LogP contribution in [0.1, 0.15) is 11.5 Å². The van der Waals surface area contributed by atoms with Crippen molar-refractivity contribution >= 4 is 11.9 Å². The fourth-order valence-electron chi connectivity index (χ4n) is 1.01. The summed E-state index contributed by atoms with van der Waals surface area (Å²) < 4.78 is 0. The first-order valence-electron chi connectivity index (χ1n) is 3.59. The van der Waals surface area contributed by atoms with Gasteiger partial charge in [-0.2, -0.15) is 0 Å². The smallest absolute Gasteiger partial charge is 0.549 e. The molecule has 0 aromatic heterocycles. The second-order valence-electron chi connectivity index (χ2n) is 2.48. The summed E-state index contributed by atoms with van der Waals surface area (Å²) in [6, 6.07) is 7.56. The van der Waals surface area contributed by atoms with Crippen LogP contribution in [0.4, 0.5) is 0 Å². The Kier molecular flexibility index (Phi) is 10.8. The molecule has 1 aromatic rings. The van der Waals surface area contributed by atoms with Gasteiger partial charge in [0.15, 0.2) is 0 Å². The van der Waals surface area contributed by atoms with Gasteiger partial charge >= 0.3 is 80.9 Å². The maximum atomic E-state index is 10.4. The molecule has 4 nitrogen and oxygen atoms in total. The van der Waals surface area contributed by atoms with Gasteiger partial charge in [0.25, 0.3) is 0 Å². The van der Waals surface area contributed by atoms with Crippen LogP contribution in [0.25, 0.3) is 0 Å². The van der Waals surface area contributed by atoms with Gasteiger partial charge in [-0.3, -0.25) is 0 Å². The van der Waals surface area contributed by atoms with E-state index >= 15 is 0 Å². The molecule has 0 spiro atoms. The van der Waals surface area contributed by atoms with E-state index in [9.17, 15) is 19.8 Å². The average Bonchev–Trinajstić information content (AvgIpc) is 2.04. The molecule has 0 fully saturated rings. The molecule has 68 valence electrons. The summed E-state index contributed by atoms with van der Waals surface area (Å²) >= 11 is 0. The summed E-state index contributed by atoms with van der Waals surface area (Å²) in [5, 5.41) is 20.8. The fourth-order valence-corrected chi connectivity index (χ4v) is 1.01. The standard InChI is InChI=1S/C9H8O4.K.Na/c10-8(11)7(9(12)13)6-4-2-1-3-5-6;;/h1-5,7H,(H,10,11)(H,12,13);;/q;2*+1/p-2. The maximum absolute atomic E-state index is 10.4. The predicted molar refractivity (Wildman–Crippen MR) is 39.2 cm³/mol. The summed E-state index contributed by atoms with van der Waals surface area (Å²) in [5.74, 6) is -5.02. The maximum Gasteiger partial charge on any atom is 1.00 e. The van der Waals surface area contributed by atoms with Gasteiger partial charge in [-0.1, -0.05) is 30.3 Å². The first kappa shape index (κ1) is 18.2. The molecular formula is C9H6KNaO4. The summed E-state index contributed by atoms with van der Waals surface area (Å²) in [6.45, 7) is 0. The number of hydrogen-bond donors (Lipinski definition) is 0. The van der Waals surface area contributed by atoms with Gasteiger partial charge in [0.2, 0.25) is 0 Å². The molecule has 0 aliphatic heterocycles.